The number of aromatic amines is 1. The van der Waals surface area contributed by atoms with E-state index < -0.39 is 83.6 Å². The number of imidazole rings is 2. The Bertz CT molecular complexity index is 1870. The summed E-state index contributed by atoms with van der Waals surface area (Å²) >= 11 is 0. The van der Waals surface area contributed by atoms with Crippen molar-refractivity contribution in [2.24, 2.45) is 0 Å². The van der Waals surface area contributed by atoms with E-state index in [1.807, 2.05) is 0 Å². The summed E-state index contributed by atoms with van der Waals surface area (Å²) in [7, 11) is -1.58. The number of rotatable bonds is 2. The molecule has 3 fully saturated rings. The van der Waals surface area contributed by atoms with Gasteiger partial charge in [0.1, 0.15) is 49.0 Å². The van der Waals surface area contributed by atoms with Gasteiger partial charge in [-0.15, -0.1) is 9.05 Å². The highest BCUT2D eigenvalue weighted by atomic mass is 31.2. The van der Waals surface area contributed by atoms with Crippen LogP contribution in [0.3, 0.4) is 0 Å². The quantitative estimate of drug-likeness (QED) is 0.120. The number of aliphatic hydroxyl groups is 2. The van der Waals surface area contributed by atoms with Crippen molar-refractivity contribution in [1.29, 1.82) is 0 Å². The summed E-state index contributed by atoms with van der Waals surface area (Å²) in [5.41, 5.74) is 11.2. The van der Waals surface area contributed by atoms with E-state index >= 15 is 0 Å². The summed E-state index contributed by atoms with van der Waals surface area (Å²) in [6.07, 6.45) is -7.25. The average molecular weight is 651 g/mol. The number of fused-ring (bicyclic) bond motifs is 5. The lowest BCUT2D eigenvalue weighted by Gasteiger charge is -2.26. The van der Waals surface area contributed by atoms with Crippen molar-refractivity contribution >= 4 is 57.4 Å². The molecule has 24 heteroatoms. The van der Waals surface area contributed by atoms with Crippen LogP contribution in [0.5, 0.6) is 0 Å². The molecule has 7 rings (SSSR count). The maximum absolute atomic E-state index is 13.4. The van der Waals surface area contributed by atoms with Gasteiger partial charge < -0.3 is 40.2 Å². The third-order valence-electron chi connectivity index (χ3n) is 7.25. The molecule has 10 atom stereocenters. The molecule has 2 bridgehead atoms. The number of nitrogens with one attached hydrogen (secondary N) is 1. The first-order valence-corrected chi connectivity index (χ1v) is 15.5. The van der Waals surface area contributed by atoms with Gasteiger partial charge in [-0.05, 0) is 0 Å². The SMILES string of the molecule is [B]P1(=O)OCC2OC(n3cnc4c(N)ncnc43)C(O)C2O[P+](=O)OCC2OC(n3cnc4c(=O)[nH]c(N)nc43)C(O1)C2O. The summed E-state index contributed by atoms with van der Waals surface area (Å²) in [5, 5.41) is 22.2. The Kier molecular flexibility index (Phi) is 7.24. The number of aromatic nitrogens is 8. The Labute approximate surface area is 246 Å². The fourth-order valence-electron chi connectivity index (χ4n) is 5.23. The van der Waals surface area contributed by atoms with Crippen molar-refractivity contribution in [1.82, 2.24) is 39.0 Å². The monoisotopic (exact) mass is 651 g/mol. The minimum absolute atomic E-state index is 0.0387. The summed E-state index contributed by atoms with van der Waals surface area (Å²) in [6, 6.07) is 0. The molecule has 0 spiro atoms. The van der Waals surface area contributed by atoms with E-state index in [0.29, 0.717) is 0 Å². The molecule has 44 heavy (non-hydrogen) atoms. The lowest BCUT2D eigenvalue weighted by molar-refractivity contribution is -0.0573. The molecule has 7 heterocycles. The van der Waals surface area contributed by atoms with Gasteiger partial charge in [-0.3, -0.25) is 23.5 Å². The van der Waals surface area contributed by atoms with Gasteiger partial charge in [-0.25, -0.2) is 19.9 Å². The molecule has 3 aliphatic rings. The Morgan fingerprint density at radius 1 is 0.977 bits per heavy atom. The second-order valence-corrected chi connectivity index (χ2v) is 12.4. The molecule has 21 nitrogen and oxygen atoms in total. The normalized spacial score (nSPS) is 35.7. The molecular formula is C20H22BN10O11P2+. The molecule has 0 aliphatic carbocycles. The molecule has 3 saturated heterocycles. The number of hydrogen-bond acceptors (Lipinski definition) is 18. The van der Waals surface area contributed by atoms with E-state index in [-0.39, 0.29) is 34.1 Å². The van der Waals surface area contributed by atoms with Crippen molar-refractivity contribution in [3.05, 3.63) is 29.3 Å². The van der Waals surface area contributed by atoms with Crippen LogP contribution in [-0.4, -0.2) is 107 Å². The van der Waals surface area contributed by atoms with Gasteiger partial charge >= 0.3 is 8.25 Å². The number of aliphatic hydroxyl groups excluding tert-OH is 2. The van der Waals surface area contributed by atoms with Crippen LogP contribution in [0.25, 0.3) is 22.3 Å². The van der Waals surface area contributed by atoms with Gasteiger partial charge in [0.05, 0.1) is 19.3 Å². The zero-order chi connectivity index (χ0) is 30.9. The lowest BCUT2D eigenvalue weighted by atomic mass is 10.1. The van der Waals surface area contributed by atoms with E-state index in [0.717, 1.165) is 0 Å². The van der Waals surface area contributed by atoms with E-state index in [2.05, 4.69) is 29.9 Å². The van der Waals surface area contributed by atoms with Crippen LogP contribution in [0.4, 0.5) is 11.8 Å². The summed E-state index contributed by atoms with van der Waals surface area (Å²) in [6.45, 7) is -1.12. The molecule has 10 unspecified atom stereocenters. The van der Waals surface area contributed by atoms with Crippen molar-refractivity contribution in [2.45, 2.75) is 49.1 Å². The minimum Gasteiger partial charge on any atom is -0.387 e. The summed E-state index contributed by atoms with van der Waals surface area (Å²) < 4.78 is 62.6. The topological polar surface area (TPSA) is 289 Å². The van der Waals surface area contributed by atoms with Crippen LogP contribution in [0.1, 0.15) is 12.5 Å². The number of H-pyrrole nitrogens is 1. The number of ether oxygens (including phenoxy) is 2. The highest BCUT2D eigenvalue weighted by Crippen LogP contribution is 2.51. The fraction of sp³-hybridized carbons (Fsp3) is 0.500. The fourth-order valence-corrected chi connectivity index (χ4v) is 7.01. The molecule has 4 aromatic rings. The standard InChI is InChI=1S/C20H21BN10O11P2/c21-44(36)38-2-7-12(11(33)18(40-7)30-4-26-8-14(22)24-3-25-15(8)30)41-43(35)37-1-6-10(32)13(42-44)19(39-6)31-5-27-9-16(31)28-20(23)29-17(9)34/h3-7,10-13,18-19,32-33H,1-2H2,(H4-,22,23,24,25,28,29,34)/p+1. The molecule has 0 saturated carbocycles. The zero-order valence-electron chi connectivity index (χ0n) is 22.1. The van der Waals surface area contributed by atoms with Crippen molar-refractivity contribution in [3.63, 3.8) is 0 Å². The van der Waals surface area contributed by atoms with Crippen molar-refractivity contribution in [3.8, 4) is 0 Å². The third kappa shape index (κ3) is 4.98. The van der Waals surface area contributed by atoms with Crippen LogP contribution >= 0.6 is 15.7 Å². The Hall–Kier alpha value is -3.43. The molecule has 0 amide bonds. The highest BCUT2D eigenvalue weighted by molar-refractivity contribution is 7.79. The van der Waals surface area contributed by atoms with E-state index in [4.69, 9.17) is 46.6 Å². The molecule has 4 aromatic heterocycles. The van der Waals surface area contributed by atoms with Gasteiger partial charge in [0.25, 0.3) is 13.0 Å². The number of nitrogens with zero attached hydrogens (tertiary/aromatic N) is 7. The highest BCUT2D eigenvalue weighted by Gasteiger charge is 2.54. The maximum atomic E-state index is 13.4. The number of hydrogen-bond donors (Lipinski definition) is 5. The van der Waals surface area contributed by atoms with Crippen molar-refractivity contribution in [2.75, 3.05) is 24.7 Å². The number of anilines is 2. The van der Waals surface area contributed by atoms with Crippen LogP contribution < -0.4 is 17.0 Å². The molecule has 7 N–H and O–H groups in total. The van der Waals surface area contributed by atoms with Crippen LogP contribution in [-0.2, 0) is 36.7 Å². The molecule has 2 radical (unpaired) electrons. The first-order valence-electron chi connectivity index (χ1n) is 12.8. The van der Waals surface area contributed by atoms with Gasteiger partial charge in [0, 0.05) is 4.57 Å². The number of nitrogen functional groups attached to an aromatic ring is 2. The van der Waals surface area contributed by atoms with Gasteiger partial charge in [-0.1, -0.05) is 0 Å². The summed E-state index contributed by atoms with van der Waals surface area (Å²) in [5.74, 6) is -0.136. The van der Waals surface area contributed by atoms with E-state index in [1.165, 1.54) is 28.1 Å². The zero-order valence-corrected chi connectivity index (χ0v) is 23.9. The Morgan fingerprint density at radius 2 is 1.70 bits per heavy atom. The van der Waals surface area contributed by atoms with E-state index in [9.17, 15) is 24.1 Å². The van der Waals surface area contributed by atoms with Gasteiger partial charge in [-0.2, -0.15) is 4.98 Å². The predicted octanol–water partition coefficient (Wildman–Crippen LogP) is -1.61. The largest absolute Gasteiger partial charge is 0.697 e. The van der Waals surface area contributed by atoms with Gasteiger partial charge in [0.2, 0.25) is 13.5 Å². The predicted molar refractivity (Wildman–Crippen MR) is 145 cm³/mol. The number of nitrogens with two attached hydrogens (primary N) is 2. The first kappa shape index (κ1) is 29.3. The lowest BCUT2D eigenvalue weighted by Crippen LogP contribution is -2.35. The van der Waals surface area contributed by atoms with Gasteiger partial charge in [0.15, 0.2) is 41.2 Å². The Morgan fingerprint density at radius 3 is 2.50 bits per heavy atom. The second-order valence-electron chi connectivity index (χ2n) is 9.96. The minimum atomic E-state index is -4.54. The van der Waals surface area contributed by atoms with Crippen LogP contribution in [0, 0.1) is 0 Å². The van der Waals surface area contributed by atoms with Crippen LogP contribution in [0.2, 0.25) is 0 Å². The van der Waals surface area contributed by atoms with Crippen LogP contribution in [0.15, 0.2) is 23.8 Å². The molecular weight excluding hydrogens is 629 g/mol. The molecule has 3 aliphatic heterocycles. The molecule has 0 aromatic carbocycles. The second kappa shape index (κ2) is 10.9. The maximum Gasteiger partial charge on any atom is 0.697 e. The Balaban J connectivity index is 1.18. The molecule has 230 valence electrons. The summed E-state index contributed by atoms with van der Waals surface area (Å²) in [4.78, 5) is 34.8. The smallest absolute Gasteiger partial charge is 0.387 e. The first-order chi connectivity index (χ1) is 21.0. The van der Waals surface area contributed by atoms with E-state index in [1.54, 1.807) is 0 Å². The average Bonchev–Trinajstić information content (AvgIpc) is 3.72. The third-order valence-corrected chi connectivity index (χ3v) is 9.07. The van der Waals surface area contributed by atoms with Crippen molar-refractivity contribution < 1.29 is 46.9 Å².